The maximum Gasteiger partial charge on any atom is 0.355 e. The molecule has 0 aliphatic rings. The highest BCUT2D eigenvalue weighted by molar-refractivity contribution is 7.14. The Kier molecular flexibility index (Phi) is 3.84. The number of aromatic nitrogens is 2. The van der Waals surface area contributed by atoms with Crippen LogP contribution in [-0.2, 0) is 0 Å². The standard InChI is InChI=1S/C14H10Cl2N2O3S/c1-5-9-8(21-14(19)10(5)15)4-7(11(16)12(9)20-3)13-18-17-6(2)22-13/h4H,1-3H3. The zero-order valence-electron chi connectivity index (χ0n) is 11.9. The van der Waals surface area contributed by atoms with Crippen molar-refractivity contribution in [3.63, 3.8) is 0 Å². The van der Waals surface area contributed by atoms with E-state index in [2.05, 4.69) is 10.2 Å². The summed E-state index contributed by atoms with van der Waals surface area (Å²) in [6, 6.07) is 1.66. The summed E-state index contributed by atoms with van der Waals surface area (Å²) in [6.07, 6.45) is 0. The fourth-order valence-electron chi connectivity index (χ4n) is 2.21. The van der Waals surface area contributed by atoms with Crippen LogP contribution >= 0.6 is 34.5 Å². The van der Waals surface area contributed by atoms with Crippen molar-refractivity contribution in [2.75, 3.05) is 7.11 Å². The van der Waals surface area contributed by atoms with Gasteiger partial charge in [-0.05, 0) is 25.5 Å². The summed E-state index contributed by atoms with van der Waals surface area (Å²) in [5.41, 5.74) is 0.902. The fraction of sp³-hybridized carbons (Fsp3) is 0.214. The van der Waals surface area contributed by atoms with E-state index in [0.29, 0.717) is 37.9 Å². The number of hydrogen-bond acceptors (Lipinski definition) is 6. The number of benzene rings is 1. The van der Waals surface area contributed by atoms with Gasteiger partial charge in [0.05, 0.1) is 17.5 Å². The number of hydrogen-bond donors (Lipinski definition) is 0. The van der Waals surface area contributed by atoms with E-state index in [4.69, 9.17) is 32.4 Å². The van der Waals surface area contributed by atoms with Crippen molar-refractivity contribution in [3.05, 3.63) is 37.1 Å². The third-order valence-electron chi connectivity index (χ3n) is 3.23. The van der Waals surface area contributed by atoms with Gasteiger partial charge in [0, 0.05) is 5.56 Å². The first kappa shape index (κ1) is 15.3. The van der Waals surface area contributed by atoms with E-state index in [0.717, 1.165) is 5.01 Å². The molecule has 0 unspecified atom stereocenters. The molecule has 0 amide bonds. The lowest BCUT2D eigenvalue weighted by Gasteiger charge is -2.12. The van der Waals surface area contributed by atoms with Crippen LogP contribution in [0.1, 0.15) is 10.6 Å². The van der Waals surface area contributed by atoms with Gasteiger partial charge in [-0.3, -0.25) is 0 Å². The molecule has 0 aliphatic carbocycles. The Balaban J connectivity index is 2.45. The molecule has 0 N–H and O–H groups in total. The Bertz CT molecular complexity index is 949. The lowest BCUT2D eigenvalue weighted by Crippen LogP contribution is -2.03. The van der Waals surface area contributed by atoms with Gasteiger partial charge in [-0.2, -0.15) is 0 Å². The smallest absolute Gasteiger partial charge is 0.355 e. The molecule has 0 saturated heterocycles. The third kappa shape index (κ3) is 2.27. The van der Waals surface area contributed by atoms with Gasteiger partial charge in [0.1, 0.15) is 26.4 Å². The molecule has 0 saturated carbocycles. The number of nitrogens with zero attached hydrogens (tertiary/aromatic N) is 2. The van der Waals surface area contributed by atoms with Crippen molar-refractivity contribution in [3.8, 4) is 16.3 Å². The first-order valence-corrected chi connectivity index (χ1v) is 7.81. The second kappa shape index (κ2) is 5.53. The molecule has 5 nitrogen and oxygen atoms in total. The van der Waals surface area contributed by atoms with Crippen molar-refractivity contribution in [1.82, 2.24) is 10.2 Å². The average Bonchev–Trinajstić information content (AvgIpc) is 2.91. The highest BCUT2D eigenvalue weighted by Crippen LogP contribution is 2.43. The molecule has 1 aromatic carbocycles. The Morgan fingerprint density at radius 3 is 2.55 bits per heavy atom. The first-order chi connectivity index (χ1) is 10.4. The quantitative estimate of drug-likeness (QED) is 0.642. The number of halogens is 2. The van der Waals surface area contributed by atoms with Crippen molar-refractivity contribution in [1.29, 1.82) is 0 Å². The normalized spacial score (nSPS) is 11.1. The molecule has 0 aliphatic heterocycles. The van der Waals surface area contributed by atoms with Crippen molar-refractivity contribution in [2.24, 2.45) is 0 Å². The summed E-state index contributed by atoms with van der Waals surface area (Å²) < 4.78 is 10.7. The molecule has 3 rings (SSSR count). The molecule has 0 radical (unpaired) electrons. The van der Waals surface area contributed by atoms with E-state index in [1.807, 2.05) is 6.92 Å². The second-order valence-corrected chi connectivity index (χ2v) is 6.54. The van der Waals surface area contributed by atoms with E-state index >= 15 is 0 Å². The van der Waals surface area contributed by atoms with Gasteiger partial charge < -0.3 is 9.15 Å². The Hall–Kier alpha value is -1.63. The van der Waals surface area contributed by atoms with Gasteiger partial charge >= 0.3 is 5.63 Å². The van der Waals surface area contributed by atoms with E-state index < -0.39 is 5.63 Å². The van der Waals surface area contributed by atoms with Crippen LogP contribution in [0.15, 0.2) is 15.3 Å². The topological polar surface area (TPSA) is 65.2 Å². The average molecular weight is 357 g/mol. The minimum absolute atomic E-state index is 0.0152. The van der Waals surface area contributed by atoms with Gasteiger partial charge in [-0.15, -0.1) is 10.2 Å². The van der Waals surface area contributed by atoms with Gasteiger partial charge in [-0.1, -0.05) is 34.5 Å². The van der Waals surface area contributed by atoms with Crippen molar-refractivity contribution >= 4 is 45.5 Å². The third-order valence-corrected chi connectivity index (χ3v) is 4.92. The number of ether oxygens (including phenoxy) is 1. The molecule has 3 aromatic rings. The molecule has 22 heavy (non-hydrogen) atoms. The maximum atomic E-state index is 11.8. The Morgan fingerprint density at radius 1 is 1.23 bits per heavy atom. The van der Waals surface area contributed by atoms with Gasteiger partial charge in [-0.25, -0.2) is 4.79 Å². The van der Waals surface area contributed by atoms with E-state index in [-0.39, 0.29) is 5.02 Å². The Morgan fingerprint density at radius 2 is 1.95 bits per heavy atom. The molecule has 0 bridgehead atoms. The molecule has 0 atom stereocenters. The summed E-state index contributed by atoms with van der Waals surface area (Å²) >= 11 is 13.8. The summed E-state index contributed by atoms with van der Waals surface area (Å²) in [5, 5.41) is 10.4. The highest BCUT2D eigenvalue weighted by atomic mass is 35.5. The van der Waals surface area contributed by atoms with Crippen LogP contribution in [-0.4, -0.2) is 17.3 Å². The van der Waals surface area contributed by atoms with Crippen LogP contribution < -0.4 is 10.4 Å². The lowest BCUT2D eigenvalue weighted by atomic mass is 10.1. The molecule has 2 heterocycles. The fourth-order valence-corrected chi connectivity index (χ4v) is 3.43. The van der Waals surface area contributed by atoms with Crippen LogP contribution in [0.4, 0.5) is 0 Å². The molecular weight excluding hydrogens is 347 g/mol. The second-order valence-electron chi connectivity index (χ2n) is 4.60. The van der Waals surface area contributed by atoms with Crippen LogP contribution in [0.3, 0.4) is 0 Å². The number of methoxy groups -OCH3 is 1. The van der Waals surface area contributed by atoms with Crippen molar-refractivity contribution in [2.45, 2.75) is 13.8 Å². The zero-order chi connectivity index (χ0) is 16.0. The number of fused-ring (bicyclic) bond motifs is 1. The summed E-state index contributed by atoms with van der Waals surface area (Å²) in [5.74, 6) is 0.394. The van der Waals surface area contributed by atoms with Crippen LogP contribution in [0.5, 0.6) is 5.75 Å². The SMILES string of the molecule is COc1c(Cl)c(-c2nnc(C)s2)cc2oc(=O)c(Cl)c(C)c12. The molecule has 2 aromatic heterocycles. The predicted octanol–water partition coefficient (Wildman–Crippen LogP) is 4.24. The number of aryl methyl sites for hydroxylation is 2. The lowest BCUT2D eigenvalue weighted by molar-refractivity contribution is 0.419. The minimum Gasteiger partial charge on any atom is -0.494 e. The molecule has 114 valence electrons. The zero-order valence-corrected chi connectivity index (χ0v) is 14.2. The monoisotopic (exact) mass is 356 g/mol. The Labute approximate surface area is 139 Å². The van der Waals surface area contributed by atoms with Crippen LogP contribution in [0, 0.1) is 13.8 Å². The summed E-state index contributed by atoms with van der Waals surface area (Å²) in [4.78, 5) is 11.8. The van der Waals surface area contributed by atoms with E-state index in [9.17, 15) is 4.79 Å². The predicted molar refractivity (Wildman–Crippen MR) is 87.4 cm³/mol. The summed E-state index contributed by atoms with van der Waals surface area (Å²) in [7, 11) is 1.49. The maximum absolute atomic E-state index is 11.8. The molecule has 8 heteroatoms. The first-order valence-electron chi connectivity index (χ1n) is 6.24. The molecular formula is C14H10Cl2N2O3S. The van der Waals surface area contributed by atoms with Crippen molar-refractivity contribution < 1.29 is 9.15 Å². The van der Waals surface area contributed by atoms with Gasteiger partial charge in [0.25, 0.3) is 0 Å². The molecule has 0 spiro atoms. The van der Waals surface area contributed by atoms with E-state index in [1.165, 1.54) is 18.4 Å². The van der Waals surface area contributed by atoms with Gasteiger partial charge in [0.2, 0.25) is 0 Å². The van der Waals surface area contributed by atoms with Crippen LogP contribution in [0.25, 0.3) is 21.5 Å². The minimum atomic E-state index is -0.601. The van der Waals surface area contributed by atoms with E-state index in [1.54, 1.807) is 13.0 Å². The summed E-state index contributed by atoms with van der Waals surface area (Å²) in [6.45, 7) is 3.56. The largest absolute Gasteiger partial charge is 0.494 e. The van der Waals surface area contributed by atoms with Crippen LogP contribution in [0.2, 0.25) is 10.0 Å². The highest BCUT2D eigenvalue weighted by Gasteiger charge is 2.21. The molecule has 0 fully saturated rings. The van der Waals surface area contributed by atoms with Gasteiger partial charge in [0.15, 0.2) is 0 Å². The number of rotatable bonds is 2.